The zero-order valence-corrected chi connectivity index (χ0v) is 16.0. The van der Waals surface area contributed by atoms with Crippen molar-refractivity contribution in [1.82, 2.24) is 15.0 Å². The number of aromatic amines is 1. The van der Waals surface area contributed by atoms with E-state index in [-0.39, 0.29) is 23.1 Å². The summed E-state index contributed by atoms with van der Waals surface area (Å²) >= 11 is 0. The maximum absolute atomic E-state index is 14.3. The number of hydrogen-bond donors (Lipinski definition) is 3. The predicted molar refractivity (Wildman–Crippen MR) is 109 cm³/mol. The van der Waals surface area contributed by atoms with E-state index < -0.39 is 11.6 Å². The molecule has 0 bridgehead atoms. The number of rotatable bonds is 5. The van der Waals surface area contributed by atoms with Gasteiger partial charge in [0.05, 0.1) is 11.1 Å². The smallest absolute Gasteiger partial charge is 0.201 e. The molecule has 2 heterocycles. The first kappa shape index (κ1) is 18.9. The molecule has 0 amide bonds. The highest BCUT2D eigenvalue weighted by molar-refractivity contribution is 5.96. The summed E-state index contributed by atoms with van der Waals surface area (Å²) in [5.41, 5.74) is 1.97. The maximum Gasteiger partial charge on any atom is 0.201 e. The SMILES string of the molecule is CCC(C)c1ccc(Nc2nc(-c3c(F)cccc3F)nc3c[nH]c(O)c23)cc1. The lowest BCUT2D eigenvalue weighted by Crippen LogP contribution is -2.01. The predicted octanol–water partition coefficient (Wildman–Crippen LogP) is 5.87. The number of benzene rings is 2. The van der Waals surface area contributed by atoms with Crippen LogP contribution in [0.5, 0.6) is 5.88 Å². The molecule has 29 heavy (non-hydrogen) atoms. The molecule has 0 radical (unpaired) electrons. The van der Waals surface area contributed by atoms with E-state index in [2.05, 4.69) is 34.1 Å². The van der Waals surface area contributed by atoms with Crippen LogP contribution in [0.25, 0.3) is 22.3 Å². The summed E-state index contributed by atoms with van der Waals surface area (Å²) in [4.78, 5) is 11.2. The summed E-state index contributed by atoms with van der Waals surface area (Å²) in [5, 5.41) is 13.6. The minimum atomic E-state index is -0.757. The molecule has 2 aromatic carbocycles. The number of hydrogen-bond acceptors (Lipinski definition) is 4. The molecule has 0 fully saturated rings. The molecule has 0 aliphatic rings. The molecule has 0 spiro atoms. The van der Waals surface area contributed by atoms with Gasteiger partial charge in [0.25, 0.3) is 0 Å². The van der Waals surface area contributed by atoms with Crippen molar-refractivity contribution in [2.75, 3.05) is 5.32 Å². The Morgan fingerprint density at radius 1 is 1.07 bits per heavy atom. The first-order valence-corrected chi connectivity index (χ1v) is 9.37. The van der Waals surface area contributed by atoms with E-state index in [4.69, 9.17) is 0 Å². The zero-order chi connectivity index (χ0) is 20.5. The van der Waals surface area contributed by atoms with E-state index in [9.17, 15) is 13.9 Å². The fraction of sp³-hybridized carbons (Fsp3) is 0.182. The third kappa shape index (κ3) is 3.51. The minimum absolute atomic E-state index is 0.106. The lowest BCUT2D eigenvalue weighted by molar-refractivity contribution is 0.463. The number of aromatic hydroxyl groups is 1. The van der Waals surface area contributed by atoms with Crippen LogP contribution < -0.4 is 5.32 Å². The summed E-state index contributed by atoms with van der Waals surface area (Å²) in [6.45, 7) is 4.29. The Hall–Kier alpha value is -3.48. The summed E-state index contributed by atoms with van der Waals surface area (Å²) in [7, 11) is 0. The van der Waals surface area contributed by atoms with E-state index >= 15 is 0 Å². The Kier molecular flexibility index (Phi) is 4.88. The molecule has 0 aliphatic heterocycles. The highest BCUT2D eigenvalue weighted by atomic mass is 19.1. The van der Waals surface area contributed by atoms with Gasteiger partial charge in [-0.25, -0.2) is 18.7 Å². The van der Waals surface area contributed by atoms with Crippen molar-refractivity contribution in [3.05, 3.63) is 65.9 Å². The van der Waals surface area contributed by atoms with Gasteiger partial charge in [0.1, 0.15) is 22.8 Å². The Balaban J connectivity index is 1.80. The van der Waals surface area contributed by atoms with E-state index in [1.807, 2.05) is 24.3 Å². The van der Waals surface area contributed by atoms with E-state index in [0.29, 0.717) is 16.8 Å². The van der Waals surface area contributed by atoms with Gasteiger partial charge in [0.15, 0.2) is 5.82 Å². The topological polar surface area (TPSA) is 73.8 Å². The lowest BCUT2D eigenvalue weighted by Gasteiger charge is -2.12. The summed E-state index contributed by atoms with van der Waals surface area (Å²) in [5.74, 6) is -1.05. The third-order valence-electron chi connectivity index (χ3n) is 5.06. The zero-order valence-electron chi connectivity index (χ0n) is 16.0. The van der Waals surface area contributed by atoms with Crippen molar-refractivity contribution >= 4 is 22.4 Å². The van der Waals surface area contributed by atoms with Gasteiger partial charge in [0.2, 0.25) is 5.88 Å². The third-order valence-corrected chi connectivity index (χ3v) is 5.06. The first-order valence-electron chi connectivity index (χ1n) is 9.37. The van der Waals surface area contributed by atoms with Crippen LogP contribution in [0.4, 0.5) is 20.3 Å². The van der Waals surface area contributed by atoms with Crippen molar-refractivity contribution < 1.29 is 13.9 Å². The van der Waals surface area contributed by atoms with Crippen LogP contribution >= 0.6 is 0 Å². The Labute approximate surface area is 166 Å². The summed E-state index contributed by atoms with van der Waals surface area (Å²) < 4.78 is 28.5. The molecule has 7 heteroatoms. The largest absolute Gasteiger partial charge is 0.494 e. The molecule has 4 aromatic rings. The van der Waals surface area contributed by atoms with Gasteiger partial charge >= 0.3 is 0 Å². The summed E-state index contributed by atoms with van der Waals surface area (Å²) in [6.07, 6.45) is 2.50. The number of nitrogens with one attached hydrogen (secondary N) is 2. The first-order chi connectivity index (χ1) is 14.0. The number of halogens is 2. The van der Waals surface area contributed by atoms with Gasteiger partial charge in [0, 0.05) is 11.9 Å². The number of anilines is 2. The fourth-order valence-electron chi connectivity index (χ4n) is 3.21. The highest BCUT2D eigenvalue weighted by Crippen LogP contribution is 2.34. The molecular formula is C22H20F2N4O. The van der Waals surface area contributed by atoms with Crippen molar-refractivity contribution in [1.29, 1.82) is 0 Å². The molecule has 0 aliphatic carbocycles. The second-order valence-electron chi connectivity index (χ2n) is 6.95. The van der Waals surface area contributed by atoms with Gasteiger partial charge < -0.3 is 15.4 Å². The van der Waals surface area contributed by atoms with E-state index in [1.165, 1.54) is 17.8 Å². The van der Waals surface area contributed by atoms with Crippen LogP contribution in [0.1, 0.15) is 31.7 Å². The fourth-order valence-corrected chi connectivity index (χ4v) is 3.21. The Bertz CT molecular complexity index is 1150. The van der Waals surface area contributed by atoms with E-state index in [0.717, 1.165) is 24.2 Å². The molecule has 3 N–H and O–H groups in total. The van der Waals surface area contributed by atoms with Crippen molar-refractivity contribution in [3.63, 3.8) is 0 Å². The van der Waals surface area contributed by atoms with Crippen molar-refractivity contribution in [3.8, 4) is 17.3 Å². The number of nitrogens with zero attached hydrogens (tertiary/aromatic N) is 2. The summed E-state index contributed by atoms with van der Waals surface area (Å²) in [6, 6.07) is 11.4. The number of fused-ring (bicyclic) bond motifs is 1. The minimum Gasteiger partial charge on any atom is -0.494 e. The normalized spacial score (nSPS) is 12.3. The monoisotopic (exact) mass is 394 g/mol. The Morgan fingerprint density at radius 3 is 2.41 bits per heavy atom. The maximum atomic E-state index is 14.3. The van der Waals surface area contributed by atoms with E-state index in [1.54, 1.807) is 0 Å². The van der Waals surface area contributed by atoms with Crippen LogP contribution in [0.3, 0.4) is 0 Å². The van der Waals surface area contributed by atoms with Gasteiger partial charge in [-0.05, 0) is 42.2 Å². The molecule has 4 rings (SSSR count). The van der Waals surface area contributed by atoms with Crippen LogP contribution in [0.2, 0.25) is 0 Å². The average molecular weight is 394 g/mol. The average Bonchev–Trinajstić information content (AvgIpc) is 3.09. The van der Waals surface area contributed by atoms with Crippen LogP contribution in [0.15, 0.2) is 48.7 Å². The van der Waals surface area contributed by atoms with Crippen molar-refractivity contribution in [2.45, 2.75) is 26.2 Å². The molecule has 0 saturated heterocycles. The van der Waals surface area contributed by atoms with Crippen LogP contribution in [0, 0.1) is 11.6 Å². The number of aromatic nitrogens is 3. The van der Waals surface area contributed by atoms with Crippen molar-refractivity contribution in [2.24, 2.45) is 0 Å². The molecule has 0 saturated carbocycles. The molecule has 1 unspecified atom stereocenters. The van der Waals surface area contributed by atoms with Gasteiger partial charge in [-0.2, -0.15) is 0 Å². The van der Waals surface area contributed by atoms with Gasteiger partial charge in [-0.3, -0.25) is 0 Å². The number of H-pyrrole nitrogens is 1. The van der Waals surface area contributed by atoms with Gasteiger partial charge in [-0.15, -0.1) is 0 Å². The van der Waals surface area contributed by atoms with Crippen LogP contribution in [-0.4, -0.2) is 20.1 Å². The molecule has 5 nitrogen and oxygen atoms in total. The quantitative estimate of drug-likeness (QED) is 0.396. The molecular weight excluding hydrogens is 374 g/mol. The standard InChI is InChI=1S/C22H20F2N4O/c1-3-12(2)13-7-9-14(10-8-13)26-21-19-17(11-25-22(19)29)27-20(28-21)18-15(23)5-4-6-16(18)24/h4-12,25,29H,3H2,1-2H3,(H,26,27,28). The highest BCUT2D eigenvalue weighted by Gasteiger charge is 2.19. The molecule has 148 valence electrons. The lowest BCUT2D eigenvalue weighted by atomic mass is 9.99. The Morgan fingerprint density at radius 2 is 1.76 bits per heavy atom. The van der Waals surface area contributed by atoms with Gasteiger partial charge in [-0.1, -0.05) is 32.0 Å². The molecule has 2 aromatic heterocycles. The van der Waals surface area contributed by atoms with Crippen LogP contribution in [-0.2, 0) is 0 Å². The second kappa shape index (κ2) is 7.50. The second-order valence-corrected chi connectivity index (χ2v) is 6.95. The molecule has 1 atom stereocenters.